The molecule has 1 aromatic rings. The Kier molecular flexibility index (Phi) is 10.9. The standard InChI is InChI=1S/C20H29N5O6/c1-31-18(28)10-15(24-12-13-6-3-2-4-7-13)16(26)11-17(27)25(20(22)23)9-5-8-14(21)19(29)30/h2-4,6-7,14-15,24H,5,8-12,21H2,1H3,(H3,22,23)(H,29,30). The Morgan fingerprint density at radius 2 is 1.87 bits per heavy atom. The Morgan fingerprint density at radius 1 is 1.23 bits per heavy atom. The number of carboxylic acids is 1. The molecule has 0 aliphatic rings. The van der Waals surface area contributed by atoms with Gasteiger partial charge in [0.15, 0.2) is 11.7 Å². The maximum Gasteiger partial charge on any atom is 0.320 e. The van der Waals surface area contributed by atoms with Crippen LogP contribution in [0.1, 0.15) is 31.2 Å². The summed E-state index contributed by atoms with van der Waals surface area (Å²) in [6.07, 6.45) is -0.592. The Hall–Kier alpha value is -3.31. The van der Waals surface area contributed by atoms with Crippen LogP contribution in [0.3, 0.4) is 0 Å². The summed E-state index contributed by atoms with van der Waals surface area (Å²) in [4.78, 5) is 48.6. The number of guanidine groups is 1. The first kappa shape index (κ1) is 25.7. The van der Waals surface area contributed by atoms with Gasteiger partial charge in [-0.3, -0.25) is 29.5 Å². The van der Waals surface area contributed by atoms with Gasteiger partial charge in [0, 0.05) is 13.1 Å². The maximum atomic E-state index is 12.7. The molecule has 0 saturated heterocycles. The van der Waals surface area contributed by atoms with Crippen LogP contribution < -0.4 is 16.8 Å². The molecule has 0 bridgehead atoms. The van der Waals surface area contributed by atoms with Gasteiger partial charge in [0.1, 0.15) is 6.04 Å². The summed E-state index contributed by atoms with van der Waals surface area (Å²) in [5.74, 6) is -3.63. The van der Waals surface area contributed by atoms with Crippen molar-refractivity contribution in [1.82, 2.24) is 10.2 Å². The summed E-state index contributed by atoms with van der Waals surface area (Å²) in [7, 11) is 1.20. The van der Waals surface area contributed by atoms with E-state index in [9.17, 15) is 19.2 Å². The van der Waals surface area contributed by atoms with Gasteiger partial charge in [-0.2, -0.15) is 0 Å². The SMILES string of the molecule is COC(=O)CC(NCc1ccccc1)C(=O)CC(=O)N(CCCC(N)C(=O)O)C(=N)N. The lowest BCUT2D eigenvalue weighted by molar-refractivity contribution is -0.144. The van der Waals surface area contributed by atoms with E-state index in [-0.39, 0.29) is 25.8 Å². The van der Waals surface area contributed by atoms with E-state index >= 15 is 0 Å². The summed E-state index contributed by atoms with van der Waals surface area (Å²) in [6.45, 7) is 0.244. The van der Waals surface area contributed by atoms with Gasteiger partial charge >= 0.3 is 11.9 Å². The lowest BCUT2D eigenvalue weighted by atomic mass is 10.0. The first-order valence-corrected chi connectivity index (χ1v) is 9.65. The average Bonchev–Trinajstić information content (AvgIpc) is 2.73. The van der Waals surface area contributed by atoms with Crippen molar-refractivity contribution >= 4 is 29.6 Å². The number of esters is 1. The molecule has 0 aliphatic heterocycles. The number of rotatable bonds is 13. The van der Waals surface area contributed by atoms with Crippen LogP contribution in [0.5, 0.6) is 0 Å². The number of hydrogen-bond acceptors (Lipinski definition) is 8. The van der Waals surface area contributed by atoms with Gasteiger partial charge < -0.3 is 26.6 Å². The molecule has 0 fully saturated rings. The van der Waals surface area contributed by atoms with Crippen LogP contribution in [-0.2, 0) is 30.5 Å². The fraction of sp³-hybridized carbons (Fsp3) is 0.450. The van der Waals surface area contributed by atoms with Crippen molar-refractivity contribution in [3.05, 3.63) is 35.9 Å². The van der Waals surface area contributed by atoms with Crippen molar-refractivity contribution in [3.8, 4) is 0 Å². The summed E-state index contributed by atoms with van der Waals surface area (Å²) in [5, 5.41) is 19.3. The number of carbonyl (C=O) groups excluding carboxylic acids is 3. The number of nitrogens with zero attached hydrogens (tertiary/aromatic N) is 1. The fourth-order valence-electron chi connectivity index (χ4n) is 2.73. The van der Waals surface area contributed by atoms with E-state index in [0.29, 0.717) is 6.54 Å². The van der Waals surface area contributed by atoms with Gasteiger partial charge in [0.25, 0.3) is 0 Å². The van der Waals surface area contributed by atoms with Gasteiger partial charge in [0.2, 0.25) is 5.91 Å². The van der Waals surface area contributed by atoms with Crippen LogP contribution in [0.2, 0.25) is 0 Å². The van der Waals surface area contributed by atoms with Crippen molar-refractivity contribution in [2.24, 2.45) is 11.5 Å². The van der Waals surface area contributed by atoms with Crippen LogP contribution in [0.15, 0.2) is 30.3 Å². The number of Topliss-reactive ketones (excluding diaryl/α,β-unsaturated/α-hetero) is 1. The van der Waals surface area contributed by atoms with E-state index in [1.165, 1.54) is 7.11 Å². The smallest absolute Gasteiger partial charge is 0.320 e. The molecule has 2 unspecified atom stereocenters. The van der Waals surface area contributed by atoms with Crippen molar-refractivity contribution < 1.29 is 29.0 Å². The molecule has 0 spiro atoms. The van der Waals surface area contributed by atoms with Crippen molar-refractivity contribution in [3.63, 3.8) is 0 Å². The van der Waals surface area contributed by atoms with E-state index in [0.717, 1.165) is 10.5 Å². The van der Waals surface area contributed by atoms with E-state index in [1.807, 2.05) is 30.3 Å². The number of carboxylic acid groups (broad SMARTS) is 1. The van der Waals surface area contributed by atoms with E-state index < -0.39 is 48.1 Å². The number of benzene rings is 1. The molecule has 0 aromatic heterocycles. The second-order valence-corrected chi connectivity index (χ2v) is 6.86. The highest BCUT2D eigenvalue weighted by Gasteiger charge is 2.27. The van der Waals surface area contributed by atoms with E-state index in [1.54, 1.807) is 0 Å². The monoisotopic (exact) mass is 435 g/mol. The summed E-state index contributed by atoms with van der Waals surface area (Å²) in [5.41, 5.74) is 11.8. The number of ketones is 1. The van der Waals surface area contributed by atoms with Crippen LogP contribution in [0.4, 0.5) is 0 Å². The number of hydrogen-bond donors (Lipinski definition) is 5. The third-order valence-corrected chi connectivity index (χ3v) is 4.51. The van der Waals surface area contributed by atoms with Gasteiger partial charge in [0.05, 0.1) is 26.0 Å². The van der Waals surface area contributed by atoms with Crippen LogP contribution in [-0.4, -0.2) is 65.3 Å². The lowest BCUT2D eigenvalue weighted by Crippen LogP contribution is -2.46. The number of amides is 1. The third-order valence-electron chi connectivity index (χ3n) is 4.51. The molecule has 0 heterocycles. The first-order valence-electron chi connectivity index (χ1n) is 9.65. The molecule has 0 aliphatic carbocycles. The number of nitrogens with one attached hydrogen (secondary N) is 2. The molecule has 1 rings (SSSR count). The van der Waals surface area contributed by atoms with Crippen LogP contribution >= 0.6 is 0 Å². The molecular weight excluding hydrogens is 406 g/mol. The normalized spacial score (nSPS) is 12.5. The Balaban J connectivity index is 2.75. The van der Waals surface area contributed by atoms with Crippen LogP contribution in [0.25, 0.3) is 0 Å². The average molecular weight is 435 g/mol. The lowest BCUT2D eigenvalue weighted by Gasteiger charge is -2.22. The van der Waals surface area contributed by atoms with Gasteiger partial charge in [-0.25, -0.2) is 0 Å². The zero-order valence-corrected chi connectivity index (χ0v) is 17.4. The molecule has 0 radical (unpaired) electrons. The number of methoxy groups -OCH3 is 1. The predicted octanol–water partition coefficient (Wildman–Crippen LogP) is -0.419. The van der Waals surface area contributed by atoms with Crippen molar-refractivity contribution in [2.45, 2.75) is 44.3 Å². The zero-order chi connectivity index (χ0) is 23.4. The number of carbonyl (C=O) groups is 4. The Labute approximate surface area is 180 Å². The molecule has 170 valence electrons. The second kappa shape index (κ2) is 13.1. The van der Waals surface area contributed by atoms with E-state index in [4.69, 9.17) is 22.0 Å². The predicted molar refractivity (Wildman–Crippen MR) is 112 cm³/mol. The Bertz CT molecular complexity index is 786. The molecule has 0 saturated carbocycles. The molecule has 31 heavy (non-hydrogen) atoms. The number of nitrogens with two attached hydrogens (primary N) is 2. The molecule has 11 heteroatoms. The van der Waals surface area contributed by atoms with Gasteiger partial charge in [-0.15, -0.1) is 0 Å². The van der Waals surface area contributed by atoms with Crippen LogP contribution in [0, 0.1) is 5.41 Å². The highest BCUT2D eigenvalue weighted by Crippen LogP contribution is 2.07. The molecular formula is C20H29N5O6. The third kappa shape index (κ3) is 9.36. The maximum absolute atomic E-state index is 12.7. The molecule has 2 atom stereocenters. The molecule has 1 amide bonds. The molecule has 7 N–H and O–H groups in total. The molecule has 1 aromatic carbocycles. The largest absolute Gasteiger partial charge is 0.480 e. The van der Waals surface area contributed by atoms with Gasteiger partial charge in [-0.05, 0) is 18.4 Å². The first-order chi connectivity index (χ1) is 14.6. The highest BCUT2D eigenvalue weighted by atomic mass is 16.5. The second-order valence-electron chi connectivity index (χ2n) is 6.86. The summed E-state index contributed by atoms with van der Waals surface area (Å²) < 4.78 is 4.63. The highest BCUT2D eigenvalue weighted by molar-refractivity contribution is 6.06. The fourth-order valence-corrected chi connectivity index (χ4v) is 2.73. The number of aliphatic carboxylic acids is 1. The minimum atomic E-state index is -1.17. The topological polar surface area (TPSA) is 189 Å². The zero-order valence-electron chi connectivity index (χ0n) is 17.4. The van der Waals surface area contributed by atoms with Crippen molar-refractivity contribution in [1.29, 1.82) is 5.41 Å². The van der Waals surface area contributed by atoms with Crippen molar-refractivity contribution in [2.75, 3.05) is 13.7 Å². The summed E-state index contributed by atoms with van der Waals surface area (Å²) in [6, 6.07) is 7.13. The minimum absolute atomic E-state index is 0.0540. The number of ether oxygens (including phenoxy) is 1. The summed E-state index contributed by atoms with van der Waals surface area (Å²) >= 11 is 0. The van der Waals surface area contributed by atoms with E-state index in [2.05, 4.69) is 10.1 Å². The molecule has 11 nitrogen and oxygen atoms in total. The Morgan fingerprint density at radius 3 is 2.42 bits per heavy atom. The quantitative estimate of drug-likeness (QED) is 0.119. The minimum Gasteiger partial charge on any atom is -0.480 e. The van der Waals surface area contributed by atoms with Gasteiger partial charge in [-0.1, -0.05) is 30.3 Å².